The van der Waals surface area contributed by atoms with Gasteiger partial charge < -0.3 is 9.64 Å². The topological polar surface area (TPSA) is 49.9 Å². The van der Waals surface area contributed by atoms with Crippen LogP contribution < -0.4 is 4.90 Å². The van der Waals surface area contributed by atoms with Crippen molar-refractivity contribution in [3.63, 3.8) is 0 Å². The van der Waals surface area contributed by atoms with Crippen LogP contribution in [0.1, 0.15) is 24.0 Å². The molecule has 0 aromatic heterocycles. The van der Waals surface area contributed by atoms with Gasteiger partial charge in [0.25, 0.3) is 0 Å². The van der Waals surface area contributed by atoms with E-state index >= 15 is 0 Å². The molecular weight excluding hydrogens is 386 g/mol. The van der Waals surface area contributed by atoms with Crippen LogP contribution >= 0.6 is 0 Å². The summed E-state index contributed by atoms with van der Waals surface area (Å²) in [5, 5.41) is 0. The number of piperidine rings is 1. The van der Waals surface area contributed by atoms with Crippen LogP contribution in [-0.4, -0.2) is 38.6 Å². The molecule has 0 spiro atoms. The van der Waals surface area contributed by atoms with Crippen molar-refractivity contribution in [1.29, 1.82) is 0 Å². The maximum absolute atomic E-state index is 14.0. The maximum Gasteiger partial charge on any atom is 0.246 e. The number of sulfonamides is 1. The van der Waals surface area contributed by atoms with Gasteiger partial charge in [-0.05, 0) is 43.5 Å². The molecule has 28 heavy (non-hydrogen) atoms. The van der Waals surface area contributed by atoms with Gasteiger partial charge in [-0.3, -0.25) is 0 Å². The van der Waals surface area contributed by atoms with Crippen LogP contribution in [-0.2, 0) is 21.4 Å². The van der Waals surface area contributed by atoms with Gasteiger partial charge in [-0.2, -0.15) is 4.31 Å². The Morgan fingerprint density at radius 3 is 2.61 bits per heavy atom. The largest absolute Gasteiger partial charge is 0.356 e. The van der Waals surface area contributed by atoms with Gasteiger partial charge in [-0.15, -0.1) is 0 Å². The first kappa shape index (κ1) is 19.3. The number of hydrogen-bond donors (Lipinski definition) is 0. The lowest BCUT2D eigenvalue weighted by molar-refractivity contribution is 0.0986. The smallest absolute Gasteiger partial charge is 0.246 e. The minimum Gasteiger partial charge on any atom is -0.356 e. The quantitative estimate of drug-likeness (QED) is 0.781. The summed E-state index contributed by atoms with van der Waals surface area (Å²) in [5.74, 6) is -1.70. The van der Waals surface area contributed by atoms with Crippen LogP contribution in [0.2, 0.25) is 0 Å². The van der Waals surface area contributed by atoms with Crippen molar-refractivity contribution in [3.8, 4) is 0 Å². The average Bonchev–Trinajstić information content (AvgIpc) is 2.69. The second-order valence-corrected chi connectivity index (χ2v) is 9.15. The van der Waals surface area contributed by atoms with Crippen molar-refractivity contribution in [2.45, 2.75) is 37.3 Å². The van der Waals surface area contributed by atoms with E-state index in [4.69, 9.17) is 4.74 Å². The number of ether oxygens (including phenoxy) is 1. The van der Waals surface area contributed by atoms with E-state index in [0.29, 0.717) is 26.2 Å². The molecule has 0 bridgehead atoms. The van der Waals surface area contributed by atoms with Crippen LogP contribution in [0.15, 0.2) is 41.3 Å². The van der Waals surface area contributed by atoms with E-state index < -0.39 is 26.6 Å². The minimum absolute atomic E-state index is 0.129. The fraction of sp³-hybridized carbons (Fsp3) is 0.400. The van der Waals surface area contributed by atoms with Crippen LogP contribution in [0.4, 0.5) is 14.5 Å². The Morgan fingerprint density at radius 1 is 1.11 bits per heavy atom. The van der Waals surface area contributed by atoms with Gasteiger partial charge in [0.2, 0.25) is 10.0 Å². The second-order valence-electron chi connectivity index (χ2n) is 7.24. The zero-order valence-electron chi connectivity index (χ0n) is 15.6. The molecule has 0 aliphatic carbocycles. The van der Waals surface area contributed by atoms with Gasteiger partial charge in [0, 0.05) is 30.4 Å². The molecule has 0 atom stereocenters. The number of halogens is 2. The number of anilines is 1. The number of hydrogen-bond acceptors (Lipinski definition) is 4. The molecule has 0 amide bonds. The molecule has 1 saturated heterocycles. The molecule has 2 aromatic carbocycles. The predicted octanol–water partition coefficient (Wildman–Crippen LogP) is 3.42. The summed E-state index contributed by atoms with van der Waals surface area (Å²) >= 11 is 0. The first-order valence-corrected chi connectivity index (χ1v) is 10.7. The van der Waals surface area contributed by atoms with E-state index in [1.54, 1.807) is 0 Å². The Hall–Kier alpha value is -2.03. The molecule has 4 rings (SSSR count). The lowest BCUT2D eigenvalue weighted by Gasteiger charge is -2.42. The molecule has 1 fully saturated rings. The number of benzene rings is 2. The Morgan fingerprint density at radius 2 is 1.86 bits per heavy atom. The molecule has 150 valence electrons. The first-order valence-electron chi connectivity index (χ1n) is 9.26. The van der Waals surface area contributed by atoms with Crippen molar-refractivity contribution in [1.82, 2.24) is 4.31 Å². The molecule has 2 aromatic rings. The third-order valence-electron chi connectivity index (χ3n) is 5.47. The highest BCUT2D eigenvalue weighted by atomic mass is 32.2. The normalized spacial score (nSPS) is 18.9. The van der Waals surface area contributed by atoms with E-state index in [0.717, 1.165) is 35.0 Å². The molecule has 2 aliphatic rings. The van der Waals surface area contributed by atoms with Gasteiger partial charge in [0.05, 0.1) is 6.61 Å². The summed E-state index contributed by atoms with van der Waals surface area (Å²) in [6, 6.07) is 8.74. The number of nitrogens with zero attached hydrogens (tertiary/aromatic N) is 2. The zero-order chi connectivity index (χ0) is 19.9. The molecule has 8 heteroatoms. The Bertz CT molecular complexity index is 989. The maximum atomic E-state index is 14.0. The third-order valence-corrected chi connectivity index (χ3v) is 7.39. The molecule has 2 heterocycles. The summed E-state index contributed by atoms with van der Waals surface area (Å²) in [6.45, 7) is 3.60. The summed E-state index contributed by atoms with van der Waals surface area (Å²) in [5.41, 5.74) is 3.45. The number of fused-ring (bicyclic) bond motifs is 1. The Labute approximate surface area is 163 Å². The summed E-state index contributed by atoms with van der Waals surface area (Å²) in [6.07, 6.45) is 1.18. The highest BCUT2D eigenvalue weighted by Crippen LogP contribution is 2.34. The monoisotopic (exact) mass is 408 g/mol. The van der Waals surface area contributed by atoms with E-state index in [1.165, 1.54) is 4.31 Å². The molecule has 0 radical (unpaired) electrons. The van der Waals surface area contributed by atoms with Gasteiger partial charge in [0.1, 0.15) is 23.3 Å². The Kier molecular flexibility index (Phi) is 5.11. The standard InChI is InChI=1S/C20H22F2N2O3S/c1-14-3-2-4-15-12-27-13-24(20(14)15)17-7-9-23(10-8-17)28(25,26)19-11-16(21)5-6-18(19)22/h2-6,11,17H,7-10,12-13H2,1H3. The first-order chi connectivity index (χ1) is 13.4. The summed E-state index contributed by atoms with van der Waals surface area (Å²) in [4.78, 5) is 1.59. The molecule has 5 nitrogen and oxygen atoms in total. The fourth-order valence-corrected chi connectivity index (χ4v) is 5.61. The Balaban J connectivity index is 1.53. The average molecular weight is 408 g/mol. The lowest BCUT2D eigenvalue weighted by atomic mass is 10.00. The molecule has 0 saturated carbocycles. The van der Waals surface area contributed by atoms with E-state index in [1.807, 2.05) is 12.1 Å². The third kappa shape index (κ3) is 3.40. The second kappa shape index (κ2) is 7.42. The van der Waals surface area contributed by atoms with Crippen molar-refractivity contribution in [2.24, 2.45) is 0 Å². The SMILES string of the molecule is Cc1cccc2c1N(C1CCN(S(=O)(=O)c3cc(F)ccc3F)CC1)COC2. The zero-order valence-corrected chi connectivity index (χ0v) is 16.4. The minimum atomic E-state index is -4.07. The summed E-state index contributed by atoms with van der Waals surface area (Å²) < 4.78 is 60.0. The lowest BCUT2D eigenvalue weighted by Crippen LogP contribution is -2.49. The van der Waals surface area contributed by atoms with Gasteiger partial charge in [0.15, 0.2) is 0 Å². The van der Waals surface area contributed by atoms with Crippen LogP contribution in [0, 0.1) is 18.6 Å². The van der Waals surface area contributed by atoms with Crippen LogP contribution in [0.25, 0.3) is 0 Å². The van der Waals surface area contributed by atoms with Crippen LogP contribution in [0.3, 0.4) is 0 Å². The predicted molar refractivity (Wildman–Crippen MR) is 101 cm³/mol. The number of para-hydroxylation sites is 1. The molecular formula is C20H22F2N2O3S. The molecule has 2 aliphatic heterocycles. The van der Waals surface area contributed by atoms with Crippen molar-refractivity contribution < 1.29 is 21.9 Å². The van der Waals surface area contributed by atoms with Gasteiger partial charge in [-0.1, -0.05) is 18.2 Å². The van der Waals surface area contributed by atoms with Crippen molar-refractivity contribution >= 4 is 15.7 Å². The van der Waals surface area contributed by atoms with Crippen molar-refractivity contribution in [3.05, 3.63) is 59.2 Å². The molecule has 0 unspecified atom stereocenters. The number of aryl methyl sites for hydroxylation is 1. The van der Waals surface area contributed by atoms with Gasteiger partial charge >= 0.3 is 0 Å². The van der Waals surface area contributed by atoms with E-state index in [2.05, 4.69) is 17.9 Å². The van der Waals surface area contributed by atoms with Gasteiger partial charge in [-0.25, -0.2) is 17.2 Å². The fourth-order valence-electron chi connectivity index (χ4n) is 4.06. The highest BCUT2D eigenvalue weighted by Gasteiger charge is 2.35. The number of rotatable bonds is 3. The highest BCUT2D eigenvalue weighted by molar-refractivity contribution is 7.89. The molecule has 0 N–H and O–H groups in total. The van der Waals surface area contributed by atoms with E-state index in [9.17, 15) is 17.2 Å². The van der Waals surface area contributed by atoms with E-state index in [-0.39, 0.29) is 19.1 Å². The van der Waals surface area contributed by atoms with Crippen LogP contribution in [0.5, 0.6) is 0 Å². The summed E-state index contributed by atoms with van der Waals surface area (Å²) in [7, 11) is -4.07. The van der Waals surface area contributed by atoms with Crippen molar-refractivity contribution in [2.75, 3.05) is 24.7 Å².